The molecule has 1 saturated carbocycles. The summed E-state index contributed by atoms with van der Waals surface area (Å²) in [4.78, 5) is 11.5. The van der Waals surface area contributed by atoms with Crippen LogP contribution in [0.25, 0.3) is 0 Å². The monoisotopic (exact) mass is 234 g/mol. The van der Waals surface area contributed by atoms with E-state index >= 15 is 0 Å². The van der Waals surface area contributed by atoms with Crippen molar-refractivity contribution >= 4 is 6.09 Å². The van der Waals surface area contributed by atoms with Crippen LogP contribution in [0.15, 0.2) is 30.3 Å². The third-order valence-electron chi connectivity index (χ3n) is 3.08. The highest BCUT2D eigenvalue weighted by atomic mass is 16.5. The SMILES string of the molecule is CN[C@H]1C[C@H](NC(=O)OCc2ccccc2)C1. The molecular formula is C13H18N2O2. The number of nitrogens with one attached hydrogen (secondary N) is 2. The van der Waals surface area contributed by atoms with Crippen LogP contribution in [-0.2, 0) is 11.3 Å². The molecule has 4 heteroatoms. The van der Waals surface area contributed by atoms with Gasteiger partial charge in [0.05, 0.1) is 0 Å². The Labute approximate surface area is 101 Å². The molecule has 0 atom stereocenters. The lowest BCUT2D eigenvalue weighted by Crippen LogP contribution is -2.51. The Morgan fingerprint density at radius 2 is 2.00 bits per heavy atom. The van der Waals surface area contributed by atoms with Crippen LogP contribution in [0.1, 0.15) is 18.4 Å². The number of ether oxygens (including phenoxy) is 1. The number of carbonyl (C=O) groups excluding carboxylic acids is 1. The summed E-state index contributed by atoms with van der Waals surface area (Å²) >= 11 is 0. The Hall–Kier alpha value is -1.55. The van der Waals surface area contributed by atoms with Gasteiger partial charge >= 0.3 is 6.09 Å². The van der Waals surface area contributed by atoms with Crippen molar-refractivity contribution in [1.29, 1.82) is 0 Å². The normalized spacial score (nSPS) is 22.6. The number of hydrogen-bond acceptors (Lipinski definition) is 3. The van der Waals surface area contributed by atoms with E-state index in [1.54, 1.807) is 0 Å². The molecule has 0 bridgehead atoms. The highest BCUT2D eigenvalue weighted by Crippen LogP contribution is 2.19. The van der Waals surface area contributed by atoms with Crippen molar-refractivity contribution in [1.82, 2.24) is 10.6 Å². The van der Waals surface area contributed by atoms with E-state index in [-0.39, 0.29) is 12.1 Å². The summed E-state index contributed by atoms with van der Waals surface area (Å²) in [6, 6.07) is 10.5. The quantitative estimate of drug-likeness (QED) is 0.833. The van der Waals surface area contributed by atoms with Crippen LogP contribution in [0.2, 0.25) is 0 Å². The summed E-state index contributed by atoms with van der Waals surface area (Å²) < 4.78 is 5.13. The highest BCUT2D eigenvalue weighted by molar-refractivity contribution is 5.67. The second-order valence-electron chi connectivity index (χ2n) is 4.36. The van der Waals surface area contributed by atoms with E-state index in [0.717, 1.165) is 18.4 Å². The molecule has 0 aromatic heterocycles. The highest BCUT2D eigenvalue weighted by Gasteiger charge is 2.29. The van der Waals surface area contributed by atoms with Crippen LogP contribution in [0.3, 0.4) is 0 Å². The second-order valence-corrected chi connectivity index (χ2v) is 4.36. The van der Waals surface area contributed by atoms with E-state index in [1.807, 2.05) is 37.4 Å². The molecule has 0 heterocycles. The zero-order valence-electron chi connectivity index (χ0n) is 9.98. The van der Waals surface area contributed by atoms with Crippen molar-refractivity contribution in [3.63, 3.8) is 0 Å². The molecule has 1 aliphatic carbocycles. The molecule has 2 rings (SSSR count). The zero-order chi connectivity index (χ0) is 12.1. The molecule has 1 aromatic rings. The smallest absolute Gasteiger partial charge is 0.407 e. The third-order valence-corrected chi connectivity index (χ3v) is 3.08. The maximum absolute atomic E-state index is 11.5. The molecule has 1 aliphatic rings. The Bertz CT molecular complexity index is 361. The minimum atomic E-state index is -0.326. The summed E-state index contributed by atoms with van der Waals surface area (Å²) in [5.41, 5.74) is 1.00. The molecule has 0 saturated heterocycles. The lowest BCUT2D eigenvalue weighted by molar-refractivity contribution is 0.126. The summed E-state index contributed by atoms with van der Waals surface area (Å²) in [6.07, 6.45) is 1.64. The second kappa shape index (κ2) is 5.68. The number of alkyl carbamates (subject to hydrolysis) is 1. The van der Waals surface area contributed by atoms with Gasteiger partial charge in [0, 0.05) is 12.1 Å². The topological polar surface area (TPSA) is 50.4 Å². The van der Waals surface area contributed by atoms with E-state index in [9.17, 15) is 4.79 Å². The molecular weight excluding hydrogens is 216 g/mol. The number of hydrogen-bond donors (Lipinski definition) is 2. The molecule has 1 fully saturated rings. The van der Waals surface area contributed by atoms with Gasteiger partial charge in [-0.15, -0.1) is 0 Å². The summed E-state index contributed by atoms with van der Waals surface area (Å²) in [6.45, 7) is 0.328. The van der Waals surface area contributed by atoms with Crippen LogP contribution in [0, 0.1) is 0 Å². The molecule has 0 unspecified atom stereocenters. The standard InChI is InChI=1S/C13H18N2O2/c1-14-11-7-12(8-11)15-13(16)17-9-10-5-3-2-4-6-10/h2-6,11-12,14H,7-9H2,1H3,(H,15,16)/t11-,12-. The fourth-order valence-electron chi connectivity index (χ4n) is 1.90. The fraction of sp³-hybridized carbons (Fsp3) is 0.462. The molecule has 2 N–H and O–H groups in total. The first kappa shape index (κ1) is 11.9. The van der Waals surface area contributed by atoms with Gasteiger partial charge in [-0.1, -0.05) is 30.3 Å². The minimum absolute atomic E-state index is 0.260. The minimum Gasteiger partial charge on any atom is -0.445 e. The fourth-order valence-corrected chi connectivity index (χ4v) is 1.90. The number of carbonyl (C=O) groups is 1. The zero-order valence-corrected chi connectivity index (χ0v) is 9.98. The van der Waals surface area contributed by atoms with Crippen LogP contribution in [0.4, 0.5) is 4.79 Å². The van der Waals surface area contributed by atoms with Gasteiger partial charge in [-0.2, -0.15) is 0 Å². The molecule has 1 aromatic carbocycles. The number of benzene rings is 1. The van der Waals surface area contributed by atoms with Crippen LogP contribution in [0.5, 0.6) is 0 Å². The van der Waals surface area contributed by atoms with Crippen molar-refractivity contribution in [3.8, 4) is 0 Å². The Morgan fingerprint density at radius 3 is 2.65 bits per heavy atom. The lowest BCUT2D eigenvalue weighted by atomic mass is 9.87. The largest absolute Gasteiger partial charge is 0.445 e. The first-order valence-electron chi connectivity index (χ1n) is 5.92. The first-order valence-corrected chi connectivity index (χ1v) is 5.92. The van der Waals surface area contributed by atoms with Gasteiger partial charge in [-0.25, -0.2) is 4.79 Å². The maximum Gasteiger partial charge on any atom is 0.407 e. The summed E-state index contributed by atoms with van der Waals surface area (Å²) in [5.74, 6) is 0. The Morgan fingerprint density at radius 1 is 1.29 bits per heavy atom. The number of amides is 1. The average Bonchev–Trinajstić information content (AvgIpc) is 2.32. The van der Waals surface area contributed by atoms with Gasteiger partial charge in [0.1, 0.15) is 6.61 Å². The van der Waals surface area contributed by atoms with Crippen molar-refractivity contribution in [2.75, 3.05) is 7.05 Å². The van der Waals surface area contributed by atoms with Crippen LogP contribution >= 0.6 is 0 Å². The first-order chi connectivity index (χ1) is 8.28. The van der Waals surface area contributed by atoms with Gasteiger partial charge in [-0.3, -0.25) is 0 Å². The molecule has 0 radical (unpaired) electrons. The van der Waals surface area contributed by atoms with Gasteiger partial charge in [0.2, 0.25) is 0 Å². The molecule has 1 amide bonds. The predicted molar refractivity (Wildman–Crippen MR) is 65.6 cm³/mol. The lowest BCUT2D eigenvalue weighted by Gasteiger charge is -2.35. The molecule has 0 aliphatic heterocycles. The van der Waals surface area contributed by atoms with Gasteiger partial charge in [0.15, 0.2) is 0 Å². The van der Waals surface area contributed by atoms with E-state index in [4.69, 9.17) is 4.74 Å². The van der Waals surface area contributed by atoms with E-state index in [0.29, 0.717) is 12.6 Å². The van der Waals surface area contributed by atoms with Gasteiger partial charge < -0.3 is 15.4 Å². The van der Waals surface area contributed by atoms with Crippen molar-refractivity contribution in [2.24, 2.45) is 0 Å². The average molecular weight is 234 g/mol. The van der Waals surface area contributed by atoms with Gasteiger partial charge in [-0.05, 0) is 25.5 Å². The Kier molecular flexibility index (Phi) is 3.98. The van der Waals surface area contributed by atoms with E-state index < -0.39 is 0 Å². The van der Waals surface area contributed by atoms with Crippen LogP contribution in [-0.4, -0.2) is 25.2 Å². The molecule has 92 valence electrons. The predicted octanol–water partition coefficient (Wildman–Crippen LogP) is 1.66. The summed E-state index contributed by atoms with van der Waals surface area (Å²) in [7, 11) is 1.94. The number of rotatable bonds is 4. The molecule has 0 spiro atoms. The maximum atomic E-state index is 11.5. The summed E-state index contributed by atoms with van der Waals surface area (Å²) in [5, 5.41) is 6.02. The van der Waals surface area contributed by atoms with Crippen LogP contribution < -0.4 is 10.6 Å². The molecule has 17 heavy (non-hydrogen) atoms. The molecule has 4 nitrogen and oxygen atoms in total. The Balaban J connectivity index is 1.65. The van der Waals surface area contributed by atoms with Gasteiger partial charge in [0.25, 0.3) is 0 Å². The van der Waals surface area contributed by atoms with E-state index in [1.165, 1.54) is 0 Å². The van der Waals surface area contributed by atoms with Crippen molar-refractivity contribution in [2.45, 2.75) is 31.5 Å². The van der Waals surface area contributed by atoms with Crippen molar-refractivity contribution < 1.29 is 9.53 Å². The third kappa shape index (κ3) is 3.46. The van der Waals surface area contributed by atoms with Crippen molar-refractivity contribution in [3.05, 3.63) is 35.9 Å². The van der Waals surface area contributed by atoms with E-state index in [2.05, 4.69) is 10.6 Å².